The van der Waals surface area contributed by atoms with Gasteiger partial charge in [0.2, 0.25) is 0 Å². The molecule has 1 N–H and O–H groups in total. The molecular formula is C11H18N2O2S. The molecule has 5 heteroatoms. The van der Waals surface area contributed by atoms with Crippen molar-refractivity contribution in [2.45, 2.75) is 32.7 Å². The lowest BCUT2D eigenvalue weighted by atomic mass is 9.98. The Morgan fingerprint density at radius 2 is 1.94 bits per heavy atom. The molecule has 1 aromatic rings. The lowest BCUT2D eigenvalue weighted by Crippen LogP contribution is -2.32. The number of rotatable bonds is 3. The smallest absolute Gasteiger partial charge is 0.243 e. The lowest BCUT2D eigenvalue weighted by Gasteiger charge is -2.18. The van der Waals surface area contributed by atoms with E-state index in [-0.39, 0.29) is 10.4 Å². The molecular weight excluding hydrogens is 224 g/mol. The molecule has 0 fully saturated rings. The maximum atomic E-state index is 11.8. The number of hydrogen-bond donors (Lipinski definition) is 1. The topological polar surface area (TPSA) is 59.1 Å². The normalized spacial score (nSPS) is 12.8. The molecule has 4 nitrogen and oxygen atoms in total. The van der Waals surface area contributed by atoms with Gasteiger partial charge in [-0.25, -0.2) is 18.1 Å². The summed E-state index contributed by atoms with van der Waals surface area (Å²) >= 11 is 0. The van der Waals surface area contributed by atoms with E-state index in [1.54, 1.807) is 12.3 Å². The summed E-state index contributed by atoms with van der Waals surface area (Å²) in [5.74, 6) is 0. The molecule has 16 heavy (non-hydrogen) atoms. The second-order valence-corrected chi connectivity index (χ2v) is 6.77. The van der Waals surface area contributed by atoms with Gasteiger partial charge in [-0.15, -0.1) is 0 Å². The van der Waals surface area contributed by atoms with Gasteiger partial charge in [-0.1, -0.05) is 26.8 Å². The standard InChI is InChI=1S/C11H18N2O2S/c1-9-5-6-10(12-7-9)16(14,15)13-8-11(2,3)4/h5-7,13H,8H2,1-4H3. The molecule has 0 unspecified atom stereocenters. The molecule has 0 radical (unpaired) electrons. The molecule has 0 bridgehead atoms. The number of nitrogens with zero attached hydrogens (tertiary/aromatic N) is 1. The van der Waals surface area contributed by atoms with Crippen molar-refractivity contribution in [2.24, 2.45) is 5.41 Å². The fourth-order valence-electron chi connectivity index (χ4n) is 0.999. The van der Waals surface area contributed by atoms with Crippen molar-refractivity contribution in [1.29, 1.82) is 0 Å². The van der Waals surface area contributed by atoms with Crippen LogP contribution in [0, 0.1) is 12.3 Å². The zero-order chi connectivity index (χ0) is 12.4. The van der Waals surface area contributed by atoms with Crippen molar-refractivity contribution in [3.8, 4) is 0 Å². The number of sulfonamides is 1. The largest absolute Gasteiger partial charge is 0.258 e. The molecule has 0 aromatic carbocycles. The van der Waals surface area contributed by atoms with Gasteiger partial charge >= 0.3 is 0 Å². The number of aromatic nitrogens is 1. The number of hydrogen-bond acceptors (Lipinski definition) is 3. The van der Waals surface area contributed by atoms with Gasteiger partial charge in [-0.2, -0.15) is 0 Å². The third-order valence-corrected chi connectivity index (χ3v) is 3.27. The van der Waals surface area contributed by atoms with Crippen LogP contribution in [0.2, 0.25) is 0 Å². The minimum Gasteiger partial charge on any atom is -0.243 e. The Bertz CT molecular complexity index is 444. The Balaban J connectivity index is 2.83. The summed E-state index contributed by atoms with van der Waals surface area (Å²) in [7, 11) is -3.47. The first-order valence-corrected chi connectivity index (χ1v) is 6.61. The SMILES string of the molecule is Cc1ccc(S(=O)(=O)NCC(C)(C)C)nc1. The average Bonchev–Trinajstić information content (AvgIpc) is 2.15. The molecule has 0 aliphatic carbocycles. The maximum absolute atomic E-state index is 11.8. The van der Waals surface area contributed by atoms with Crippen LogP contribution in [0.15, 0.2) is 23.4 Å². The van der Waals surface area contributed by atoms with Gasteiger partial charge in [0.1, 0.15) is 0 Å². The van der Waals surface area contributed by atoms with E-state index >= 15 is 0 Å². The summed E-state index contributed by atoms with van der Waals surface area (Å²) in [6.45, 7) is 8.17. The number of nitrogens with one attached hydrogen (secondary N) is 1. The Labute approximate surface area is 97.2 Å². The lowest BCUT2D eigenvalue weighted by molar-refractivity contribution is 0.407. The van der Waals surface area contributed by atoms with E-state index < -0.39 is 10.0 Å². The van der Waals surface area contributed by atoms with Gasteiger partial charge < -0.3 is 0 Å². The van der Waals surface area contributed by atoms with E-state index in [1.807, 2.05) is 27.7 Å². The molecule has 0 aliphatic rings. The second kappa shape index (κ2) is 4.51. The van der Waals surface area contributed by atoms with Gasteiger partial charge in [0, 0.05) is 12.7 Å². The van der Waals surface area contributed by atoms with Crippen molar-refractivity contribution < 1.29 is 8.42 Å². The predicted molar refractivity (Wildman–Crippen MR) is 63.6 cm³/mol. The Kier molecular flexibility index (Phi) is 3.70. The second-order valence-electron chi connectivity index (χ2n) is 5.06. The highest BCUT2D eigenvalue weighted by atomic mass is 32.2. The Morgan fingerprint density at radius 3 is 2.38 bits per heavy atom. The van der Waals surface area contributed by atoms with Crippen molar-refractivity contribution in [3.63, 3.8) is 0 Å². The van der Waals surface area contributed by atoms with Crippen LogP contribution < -0.4 is 4.72 Å². The maximum Gasteiger partial charge on any atom is 0.258 e. The van der Waals surface area contributed by atoms with Gasteiger partial charge in [0.05, 0.1) is 0 Å². The van der Waals surface area contributed by atoms with Crippen LogP contribution in [0.25, 0.3) is 0 Å². The Morgan fingerprint density at radius 1 is 1.31 bits per heavy atom. The highest BCUT2D eigenvalue weighted by molar-refractivity contribution is 7.89. The average molecular weight is 242 g/mol. The molecule has 0 saturated heterocycles. The van der Waals surface area contributed by atoms with Crippen molar-refractivity contribution in [2.75, 3.05) is 6.54 Å². The van der Waals surface area contributed by atoms with Gasteiger partial charge in [-0.05, 0) is 24.0 Å². The van der Waals surface area contributed by atoms with E-state index in [1.165, 1.54) is 6.07 Å². The summed E-state index contributed by atoms with van der Waals surface area (Å²) in [5.41, 5.74) is 0.854. The van der Waals surface area contributed by atoms with Crippen molar-refractivity contribution in [3.05, 3.63) is 23.9 Å². The molecule has 0 atom stereocenters. The van der Waals surface area contributed by atoms with Crippen LogP contribution >= 0.6 is 0 Å². The van der Waals surface area contributed by atoms with Gasteiger partial charge in [0.25, 0.3) is 10.0 Å². The third-order valence-electron chi connectivity index (χ3n) is 1.95. The van der Waals surface area contributed by atoms with E-state index in [0.29, 0.717) is 6.54 Å². The zero-order valence-corrected chi connectivity index (χ0v) is 10.9. The van der Waals surface area contributed by atoms with Gasteiger partial charge in [0.15, 0.2) is 5.03 Å². The monoisotopic (exact) mass is 242 g/mol. The fourth-order valence-corrected chi connectivity index (χ4v) is 2.21. The minimum atomic E-state index is -3.47. The number of aryl methyl sites for hydroxylation is 1. The first kappa shape index (κ1) is 13.1. The molecule has 1 aromatic heterocycles. The van der Waals surface area contributed by atoms with Crippen LogP contribution in [0.1, 0.15) is 26.3 Å². The van der Waals surface area contributed by atoms with Crippen LogP contribution in [-0.2, 0) is 10.0 Å². The summed E-state index contributed by atoms with van der Waals surface area (Å²) in [4.78, 5) is 3.90. The minimum absolute atomic E-state index is 0.0716. The highest BCUT2D eigenvalue weighted by Crippen LogP contribution is 2.13. The van der Waals surface area contributed by atoms with Crippen molar-refractivity contribution >= 4 is 10.0 Å². The Hall–Kier alpha value is -0.940. The summed E-state index contributed by atoms with van der Waals surface area (Å²) < 4.78 is 26.2. The van der Waals surface area contributed by atoms with E-state index in [0.717, 1.165) is 5.56 Å². The molecule has 1 heterocycles. The molecule has 0 spiro atoms. The molecule has 0 aliphatic heterocycles. The third kappa shape index (κ3) is 3.90. The quantitative estimate of drug-likeness (QED) is 0.878. The molecule has 1 rings (SSSR count). The van der Waals surface area contributed by atoms with Crippen molar-refractivity contribution in [1.82, 2.24) is 9.71 Å². The fraction of sp³-hybridized carbons (Fsp3) is 0.545. The van der Waals surface area contributed by atoms with Crippen LogP contribution in [0.5, 0.6) is 0 Å². The van der Waals surface area contributed by atoms with Crippen LogP contribution in [-0.4, -0.2) is 19.9 Å². The predicted octanol–water partition coefficient (Wildman–Crippen LogP) is 1.71. The van der Waals surface area contributed by atoms with Crippen LogP contribution in [0.4, 0.5) is 0 Å². The first-order chi connectivity index (χ1) is 7.21. The van der Waals surface area contributed by atoms with Crippen LogP contribution in [0.3, 0.4) is 0 Å². The van der Waals surface area contributed by atoms with E-state index in [9.17, 15) is 8.42 Å². The van der Waals surface area contributed by atoms with E-state index in [2.05, 4.69) is 9.71 Å². The summed E-state index contributed by atoms with van der Waals surface area (Å²) in [6, 6.07) is 3.25. The van der Waals surface area contributed by atoms with Gasteiger partial charge in [-0.3, -0.25) is 0 Å². The molecule has 0 amide bonds. The molecule has 90 valence electrons. The molecule has 0 saturated carbocycles. The summed E-state index contributed by atoms with van der Waals surface area (Å²) in [6.07, 6.45) is 1.55. The summed E-state index contributed by atoms with van der Waals surface area (Å²) in [5, 5.41) is 0.0716. The van der Waals surface area contributed by atoms with E-state index in [4.69, 9.17) is 0 Å². The number of pyridine rings is 1. The highest BCUT2D eigenvalue weighted by Gasteiger charge is 2.19. The first-order valence-electron chi connectivity index (χ1n) is 5.13. The zero-order valence-electron chi connectivity index (χ0n) is 10.1.